The molecule has 1 N–H and O–H groups in total. The summed E-state index contributed by atoms with van der Waals surface area (Å²) in [5, 5.41) is 30.3. The highest BCUT2D eigenvalue weighted by molar-refractivity contribution is 5.72. The Kier molecular flexibility index (Phi) is 6.87. The summed E-state index contributed by atoms with van der Waals surface area (Å²) in [6.45, 7) is -0.271. The number of hydrogen-bond donors (Lipinski definition) is 1. The van der Waals surface area contributed by atoms with E-state index in [4.69, 9.17) is 10.00 Å². The Morgan fingerprint density at radius 3 is 2.16 bits per heavy atom. The minimum atomic E-state index is -4.82. The smallest absolute Gasteiger partial charge is 0.489 e. The summed E-state index contributed by atoms with van der Waals surface area (Å²) in [6, 6.07) is 20.2. The van der Waals surface area contributed by atoms with Gasteiger partial charge < -0.3 is 19.1 Å². The van der Waals surface area contributed by atoms with Crippen LogP contribution in [0.1, 0.15) is 22.4 Å². The number of halogens is 3. The van der Waals surface area contributed by atoms with Crippen LogP contribution in [0.15, 0.2) is 79.3 Å². The standard InChI is InChI=1S/C27H19F3N4O3/c1-34-17-33-15-25(34)26(35,21-7-2-18(13-31)3-8-21)16-36-24-11-4-19(14-32)12-23(24)20-5-9-22(10-6-20)37-27(28,29)30/h2-12,15,17,35H,16H2,1H3. The third-order valence-corrected chi connectivity index (χ3v) is 5.68. The largest absolute Gasteiger partial charge is 0.573 e. The summed E-state index contributed by atoms with van der Waals surface area (Å²) in [4.78, 5) is 4.09. The minimum Gasteiger partial charge on any atom is -0.489 e. The van der Waals surface area contributed by atoms with Gasteiger partial charge in [-0.25, -0.2) is 4.98 Å². The minimum absolute atomic E-state index is 0.271. The van der Waals surface area contributed by atoms with Gasteiger partial charge in [0.15, 0.2) is 5.60 Å². The SMILES string of the molecule is Cn1cncc1C(O)(COc1ccc(C#N)cc1-c1ccc(OC(F)(F)F)cc1)c1ccc(C#N)cc1. The van der Waals surface area contributed by atoms with Crippen LogP contribution in [0.2, 0.25) is 0 Å². The van der Waals surface area contributed by atoms with Gasteiger partial charge in [-0.3, -0.25) is 0 Å². The zero-order chi connectivity index (χ0) is 26.6. The van der Waals surface area contributed by atoms with Crippen molar-refractivity contribution in [2.75, 3.05) is 6.61 Å². The van der Waals surface area contributed by atoms with Gasteiger partial charge in [0.25, 0.3) is 0 Å². The summed E-state index contributed by atoms with van der Waals surface area (Å²) in [7, 11) is 1.72. The topological polar surface area (TPSA) is 104 Å². The van der Waals surface area contributed by atoms with Crippen LogP contribution in [0.3, 0.4) is 0 Å². The van der Waals surface area contributed by atoms with Crippen molar-refractivity contribution < 1.29 is 27.8 Å². The second kappa shape index (κ2) is 10.1. The first kappa shape index (κ1) is 25.3. The average Bonchev–Trinajstić information content (AvgIpc) is 3.33. The Morgan fingerprint density at radius 2 is 1.59 bits per heavy atom. The number of hydrogen-bond acceptors (Lipinski definition) is 6. The first-order valence-electron chi connectivity index (χ1n) is 10.9. The van der Waals surface area contributed by atoms with Gasteiger partial charge in [-0.2, -0.15) is 10.5 Å². The van der Waals surface area contributed by atoms with E-state index in [9.17, 15) is 23.5 Å². The summed E-state index contributed by atoms with van der Waals surface area (Å²) in [5.41, 5.74) is 0.861. The molecule has 0 saturated carbocycles. The van der Waals surface area contributed by atoms with E-state index in [2.05, 4.69) is 9.72 Å². The molecule has 0 bridgehead atoms. The van der Waals surface area contributed by atoms with E-state index in [-0.39, 0.29) is 18.1 Å². The molecule has 0 aliphatic carbocycles. The molecule has 1 aromatic heterocycles. The first-order valence-corrected chi connectivity index (χ1v) is 10.9. The van der Waals surface area contributed by atoms with Crippen LogP contribution in [0.4, 0.5) is 13.2 Å². The molecular weight excluding hydrogens is 485 g/mol. The van der Waals surface area contributed by atoms with E-state index in [1.54, 1.807) is 48.0 Å². The predicted octanol–water partition coefficient (Wildman–Crippen LogP) is 5.04. The number of aliphatic hydroxyl groups is 1. The van der Waals surface area contributed by atoms with Crippen molar-refractivity contribution in [3.63, 3.8) is 0 Å². The molecule has 7 nitrogen and oxygen atoms in total. The number of alkyl halides is 3. The highest BCUT2D eigenvalue weighted by atomic mass is 19.4. The Hall–Kier alpha value is -4.80. The lowest BCUT2D eigenvalue weighted by molar-refractivity contribution is -0.274. The van der Waals surface area contributed by atoms with Crippen molar-refractivity contribution in [1.29, 1.82) is 10.5 Å². The number of aryl methyl sites for hydroxylation is 1. The maximum atomic E-state index is 12.5. The molecule has 37 heavy (non-hydrogen) atoms. The molecule has 3 aromatic carbocycles. The summed E-state index contributed by atoms with van der Waals surface area (Å²) < 4.78 is 49.3. The normalized spacial score (nSPS) is 12.7. The van der Waals surface area contributed by atoms with Crippen molar-refractivity contribution >= 4 is 0 Å². The number of nitriles is 2. The predicted molar refractivity (Wildman–Crippen MR) is 126 cm³/mol. The van der Waals surface area contributed by atoms with Crippen LogP contribution in [0.5, 0.6) is 11.5 Å². The molecule has 1 atom stereocenters. The third-order valence-electron chi connectivity index (χ3n) is 5.68. The number of imidazole rings is 1. The molecule has 1 heterocycles. The number of benzene rings is 3. The Bertz CT molecular complexity index is 1480. The van der Waals surface area contributed by atoms with Crippen LogP contribution >= 0.6 is 0 Å². The lowest BCUT2D eigenvalue weighted by atomic mass is 9.90. The van der Waals surface area contributed by atoms with Crippen molar-refractivity contribution in [3.05, 3.63) is 102 Å². The molecule has 0 amide bonds. The van der Waals surface area contributed by atoms with E-state index < -0.39 is 12.0 Å². The van der Waals surface area contributed by atoms with Crippen LogP contribution in [0.25, 0.3) is 11.1 Å². The summed E-state index contributed by atoms with van der Waals surface area (Å²) in [6.07, 6.45) is -1.79. The van der Waals surface area contributed by atoms with Gasteiger partial charge in [-0.1, -0.05) is 24.3 Å². The summed E-state index contributed by atoms with van der Waals surface area (Å²) >= 11 is 0. The number of aromatic nitrogens is 2. The molecular formula is C27H19F3N4O3. The highest BCUT2D eigenvalue weighted by Crippen LogP contribution is 2.36. The number of ether oxygens (including phenoxy) is 2. The van der Waals surface area contributed by atoms with E-state index in [0.29, 0.717) is 33.5 Å². The first-order chi connectivity index (χ1) is 17.6. The molecule has 0 saturated heterocycles. The van der Waals surface area contributed by atoms with Crippen LogP contribution in [-0.4, -0.2) is 27.6 Å². The maximum absolute atomic E-state index is 12.5. The Labute approximate surface area is 210 Å². The van der Waals surface area contributed by atoms with Crippen molar-refractivity contribution in [1.82, 2.24) is 9.55 Å². The van der Waals surface area contributed by atoms with E-state index in [0.717, 1.165) is 12.1 Å². The molecule has 0 fully saturated rings. The van der Waals surface area contributed by atoms with E-state index >= 15 is 0 Å². The molecule has 4 aromatic rings. The monoisotopic (exact) mass is 504 g/mol. The van der Waals surface area contributed by atoms with Crippen LogP contribution < -0.4 is 9.47 Å². The van der Waals surface area contributed by atoms with Gasteiger partial charge in [0.2, 0.25) is 0 Å². The zero-order valence-corrected chi connectivity index (χ0v) is 19.4. The number of nitrogens with zero attached hydrogens (tertiary/aromatic N) is 4. The van der Waals surface area contributed by atoms with Gasteiger partial charge >= 0.3 is 6.36 Å². The van der Waals surface area contributed by atoms with Crippen molar-refractivity contribution in [2.24, 2.45) is 7.05 Å². The fourth-order valence-corrected chi connectivity index (χ4v) is 3.85. The molecule has 1 unspecified atom stereocenters. The fourth-order valence-electron chi connectivity index (χ4n) is 3.85. The second-order valence-electron chi connectivity index (χ2n) is 8.12. The molecule has 0 aliphatic rings. The van der Waals surface area contributed by atoms with Crippen molar-refractivity contribution in [2.45, 2.75) is 12.0 Å². The third kappa shape index (κ3) is 5.56. The maximum Gasteiger partial charge on any atom is 0.573 e. The van der Waals surface area contributed by atoms with Gasteiger partial charge in [0, 0.05) is 12.6 Å². The Balaban J connectivity index is 1.70. The average molecular weight is 504 g/mol. The van der Waals surface area contributed by atoms with Gasteiger partial charge in [0.1, 0.15) is 18.1 Å². The van der Waals surface area contributed by atoms with Crippen molar-refractivity contribution in [3.8, 4) is 34.8 Å². The van der Waals surface area contributed by atoms with Gasteiger partial charge in [-0.05, 0) is 53.6 Å². The van der Waals surface area contributed by atoms with Crippen LogP contribution in [-0.2, 0) is 12.6 Å². The molecule has 0 aliphatic heterocycles. The van der Waals surface area contributed by atoms with Gasteiger partial charge in [-0.15, -0.1) is 13.2 Å². The van der Waals surface area contributed by atoms with Gasteiger partial charge in [0.05, 0.1) is 41.5 Å². The van der Waals surface area contributed by atoms with E-state index in [1.165, 1.54) is 30.7 Å². The molecule has 0 spiro atoms. The number of rotatable bonds is 7. The molecule has 10 heteroatoms. The molecule has 0 radical (unpaired) electrons. The molecule has 186 valence electrons. The fraction of sp³-hybridized carbons (Fsp3) is 0.148. The highest BCUT2D eigenvalue weighted by Gasteiger charge is 2.36. The quantitative estimate of drug-likeness (QED) is 0.378. The van der Waals surface area contributed by atoms with E-state index in [1.807, 2.05) is 12.1 Å². The Morgan fingerprint density at radius 1 is 0.946 bits per heavy atom. The zero-order valence-electron chi connectivity index (χ0n) is 19.4. The second-order valence-corrected chi connectivity index (χ2v) is 8.12. The lowest BCUT2D eigenvalue weighted by Gasteiger charge is -2.29. The lowest BCUT2D eigenvalue weighted by Crippen LogP contribution is -2.36. The van der Waals surface area contributed by atoms with Crippen LogP contribution in [0, 0.1) is 22.7 Å². The molecule has 4 rings (SSSR count). The summed E-state index contributed by atoms with van der Waals surface area (Å²) in [5.74, 6) is -0.0979.